The Morgan fingerprint density at radius 2 is 0.867 bits per heavy atom. The van der Waals surface area contributed by atoms with Crippen LogP contribution in [0, 0.1) is 0 Å². The van der Waals surface area contributed by atoms with E-state index < -0.39 is 0 Å². The number of benzene rings is 9. The molecular formula is C58H44N2. The second-order valence-corrected chi connectivity index (χ2v) is 17.7. The van der Waals surface area contributed by atoms with Crippen molar-refractivity contribution in [3.63, 3.8) is 0 Å². The van der Waals surface area contributed by atoms with Crippen LogP contribution >= 0.6 is 0 Å². The number of rotatable bonds is 5. The maximum absolute atomic E-state index is 2.58. The van der Waals surface area contributed by atoms with Crippen LogP contribution in [0.2, 0.25) is 0 Å². The lowest BCUT2D eigenvalue weighted by Crippen LogP contribution is -2.17. The van der Waals surface area contributed by atoms with Crippen LogP contribution in [0.5, 0.6) is 0 Å². The normalized spacial score (nSPS) is 14.3. The lowest BCUT2D eigenvalue weighted by atomic mass is 9.82. The molecular weight excluding hydrogens is 725 g/mol. The summed E-state index contributed by atoms with van der Waals surface area (Å²) in [5.74, 6) is 0. The van der Waals surface area contributed by atoms with Crippen LogP contribution in [0.25, 0.3) is 71.6 Å². The molecule has 10 aromatic rings. The fraction of sp³-hybridized carbons (Fsp3) is 0.103. The first-order valence-corrected chi connectivity index (χ1v) is 21.2. The SMILES string of the molecule is CC1(C)c2ccccc2-c2c(N(c3cc(-c4cccc(-n5c6ccccc6c6ccccc65)c4)c4ccccc4c3)c3cccc4c3-c3ccccc3C4(C)C)cccc21. The summed E-state index contributed by atoms with van der Waals surface area (Å²) in [6, 6.07) is 72.4. The monoisotopic (exact) mass is 768 g/mol. The standard InChI is InChI=1S/C58H44N2/c1-57(2)47-26-11-7-24-44(47)55-49(57)28-16-32-53(55)60(54-33-17-29-50-56(54)45-25-8-12-27-48(45)58(50,3)4)40-35-37-18-5-6-21-41(37)46(36-40)38-19-15-20-39(34-38)59-51-30-13-9-22-42(51)43-23-10-14-31-52(43)59/h5-36H,1-4H3. The van der Waals surface area contributed by atoms with Gasteiger partial charge in [-0.05, 0) is 104 Å². The zero-order valence-corrected chi connectivity index (χ0v) is 34.4. The molecule has 0 saturated carbocycles. The molecule has 0 spiro atoms. The molecule has 0 radical (unpaired) electrons. The first kappa shape index (κ1) is 34.8. The number of hydrogen-bond donors (Lipinski definition) is 0. The van der Waals surface area contributed by atoms with E-state index >= 15 is 0 Å². The Bertz CT molecular complexity index is 3230. The highest BCUT2D eigenvalue weighted by Gasteiger charge is 2.40. The molecule has 0 N–H and O–H groups in total. The molecule has 1 heterocycles. The third-order valence-corrected chi connectivity index (χ3v) is 13.8. The summed E-state index contributed by atoms with van der Waals surface area (Å²) in [5, 5.41) is 4.97. The van der Waals surface area contributed by atoms with Crippen LogP contribution in [-0.2, 0) is 10.8 Å². The summed E-state index contributed by atoms with van der Waals surface area (Å²) in [6.45, 7) is 9.51. The van der Waals surface area contributed by atoms with Gasteiger partial charge in [0, 0.05) is 44.1 Å². The highest BCUT2D eigenvalue weighted by atomic mass is 15.1. The Morgan fingerprint density at radius 3 is 1.47 bits per heavy atom. The summed E-state index contributed by atoms with van der Waals surface area (Å²) >= 11 is 0. The highest BCUT2D eigenvalue weighted by molar-refractivity contribution is 6.10. The second kappa shape index (κ2) is 12.7. The van der Waals surface area contributed by atoms with Gasteiger partial charge in [0.05, 0.1) is 22.4 Å². The topological polar surface area (TPSA) is 8.17 Å². The lowest BCUT2D eigenvalue weighted by molar-refractivity contribution is 0.660. The van der Waals surface area contributed by atoms with E-state index in [1.165, 1.54) is 99.6 Å². The first-order valence-electron chi connectivity index (χ1n) is 21.2. The van der Waals surface area contributed by atoms with E-state index in [1.54, 1.807) is 0 Å². The Balaban J connectivity index is 1.15. The maximum Gasteiger partial charge on any atom is 0.0543 e. The van der Waals surface area contributed by atoms with Crippen LogP contribution in [0.4, 0.5) is 17.1 Å². The molecule has 0 unspecified atom stereocenters. The zero-order valence-electron chi connectivity index (χ0n) is 34.4. The van der Waals surface area contributed by atoms with Crippen molar-refractivity contribution in [1.29, 1.82) is 0 Å². The van der Waals surface area contributed by atoms with E-state index in [0.717, 1.165) is 11.4 Å². The van der Waals surface area contributed by atoms with Gasteiger partial charge in [-0.1, -0.05) is 173 Å². The third-order valence-electron chi connectivity index (χ3n) is 13.8. The van der Waals surface area contributed by atoms with Crippen molar-refractivity contribution in [2.75, 3.05) is 4.90 Å². The molecule has 2 aliphatic carbocycles. The van der Waals surface area contributed by atoms with Crippen LogP contribution in [-0.4, -0.2) is 4.57 Å². The Kier molecular flexibility index (Phi) is 7.36. The van der Waals surface area contributed by atoms with Crippen molar-refractivity contribution in [3.05, 3.63) is 216 Å². The van der Waals surface area contributed by atoms with Crippen molar-refractivity contribution >= 4 is 49.6 Å². The van der Waals surface area contributed by atoms with Gasteiger partial charge in [0.2, 0.25) is 0 Å². The average Bonchev–Trinajstić information content (AvgIpc) is 3.84. The quantitative estimate of drug-likeness (QED) is 0.169. The molecule has 0 bridgehead atoms. The molecule has 1 aromatic heterocycles. The summed E-state index contributed by atoms with van der Waals surface area (Å²) in [5.41, 5.74) is 19.9. The van der Waals surface area contributed by atoms with E-state index in [-0.39, 0.29) is 10.8 Å². The predicted molar refractivity (Wildman–Crippen MR) is 254 cm³/mol. The molecule has 0 amide bonds. The number of fused-ring (bicyclic) bond motifs is 10. The van der Waals surface area contributed by atoms with Crippen LogP contribution < -0.4 is 4.90 Å². The van der Waals surface area contributed by atoms with Gasteiger partial charge in [0.15, 0.2) is 0 Å². The van der Waals surface area contributed by atoms with E-state index in [1.807, 2.05) is 0 Å². The van der Waals surface area contributed by atoms with Gasteiger partial charge in [0.1, 0.15) is 0 Å². The molecule has 2 heteroatoms. The Labute approximate surface area is 351 Å². The summed E-state index contributed by atoms with van der Waals surface area (Å²) in [4.78, 5) is 2.58. The minimum absolute atomic E-state index is 0.136. The van der Waals surface area contributed by atoms with Gasteiger partial charge in [-0.3, -0.25) is 0 Å². The van der Waals surface area contributed by atoms with Gasteiger partial charge in [-0.2, -0.15) is 0 Å². The fourth-order valence-electron chi connectivity index (χ4n) is 10.9. The van der Waals surface area contributed by atoms with E-state index in [0.29, 0.717) is 0 Å². The smallest absolute Gasteiger partial charge is 0.0543 e. The van der Waals surface area contributed by atoms with Crippen LogP contribution in [0.15, 0.2) is 194 Å². The fourth-order valence-corrected chi connectivity index (χ4v) is 10.9. The Morgan fingerprint density at radius 1 is 0.383 bits per heavy atom. The predicted octanol–water partition coefficient (Wildman–Crippen LogP) is 15.7. The van der Waals surface area contributed by atoms with Crippen LogP contribution in [0.3, 0.4) is 0 Å². The van der Waals surface area contributed by atoms with Crippen molar-refractivity contribution < 1.29 is 0 Å². The van der Waals surface area contributed by atoms with Gasteiger partial charge < -0.3 is 9.47 Å². The molecule has 0 saturated heterocycles. The maximum atomic E-state index is 2.58. The highest BCUT2D eigenvalue weighted by Crippen LogP contribution is 2.58. The van der Waals surface area contributed by atoms with Gasteiger partial charge in [0.25, 0.3) is 0 Å². The van der Waals surface area contributed by atoms with Crippen molar-refractivity contribution in [2.45, 2.75) is 38.5 Å². The minimum Gasteiger partial charge on any atom is -0.309 e. The van der Waals surface area contributed by atoms with E-state index in [2.05, 4.69) is 231 Å². The number of para-hydroxylation sites is 2. The zero-order chi connectivity index (χ0) is 40.3. The van der Waals surface area contributed by atoms with Crippen molar-refractivity contribution in [2.24, 2.45) is 0 Å². The largest absolute Gasteiger partial charge is 0.309 e. The molecule has 12 rings (SSSR count). The second-order valence-electron chi connectivity index (χ2n) is 17.7. The average molecular weight is 769 g/mol. The summed E-state index contributed by atoms with van der Waals surface area (Å²) < 4.78 is 2.42. The third kappa shape index (κ3) is 4.82. The van der Waals surface area contributed by atoms with Crippen molar-refractivity contribution in [3.8, 4) is 39.1 Å². The molecule has 0 fully saturated rings. The number of anilines is 3. The summed E-state index contributed by atoms with van der Waals surface area (Å²) in [6.07, 6.45) is 0. The summed E-state index contributed by atoms with van der Waals surface area (Å²) in [7, 11) is 0. The van der Waals surface area contributed by atoms with Gasteiger partial charge in [-0.15, -0.1) is 0 Å². The van der Waals surface area contributed by atoms with Gasteiger partial charge >= 0.3 is 0 Å². The molecule has 9 aromatic carbocycles. The van der Waals surface area contributed by atoms with Crippen molar-refractivity contribution in [1.82, 2.24) is 4.57 Å². The van der Waals surface area contributed by atoms with E-state index in [9.17, 15) is 0 Å². The molecule has 2 nitrogen and oxygen atoms in total. The molecule has 2 aliphatic rings. The minimum atomic E-state index is -0.136. The molecule has 60 heavy (non-hydrogen) atoms. The molecule has 286 valence electrons. The first-order chi connectivity index (χ1) is 29.3. The molecule has 0 aliphatic heterocycles. The number of nitrogens with zero attached hydrogens (tertiary/aromatic N) is 2. The number of aromatic nitrogens is 1. The lowest BCUT2D eigenvalue weighted by Gasteiger charge is -2.32. The van der Waals surface area contributed by atoms with Crippen LogP contribution in [0.1, 0.15) is 49.9 Å². The van der Waals surface area contributed by atoms with E-state index in [4.69, 9.17) is 0 Å². The number of hydrogen-bond acceptors (Lipinski definition) is 1. The molecule has 0 atom stereocenters. The Hall–Kier alpha value is -7.16. The van der Waals surface area contributed by atoms with Gasteiger partial charge in [-0.25, -0.2) is 0 Å².